The van der Waals surface area contributed by atoms with E-state index in [2.05, 4.69) is 38.0 Å². The van der Waals surface area contributed by atoms with Gasteiger partial charge in [0.25, 0.3) is 0 Å². The Morgan fingerprint density at radius 3 is 2.26 bits per heavy atom. The molecule has 0 aromatic rings. The lowest BCUT2D eigenvalue weighted by molar-refractivity contribution is -0.136. The van der Waals surface area contributed by atoms with E-state index >= 15 is 0 Å². The molecular weight excluding hydrogens is 238 g/mol. The predicted octanol–water partition coefficient (Wildman–Crippen LogP) is 3.46. The lowest BCUT2D eigenvalue weighted by Crippen LogP contribution is -2.23. The topological polar surface area (TPSA) is 29.5 Å². The zero-order valence-electron chi connectivity index (χ0n) is 12.3. The van der Waals surface area contributed by atoms with Crippen LogP contribution in [0.4, 0.5) is 0 Å². The highest BCUT2D eigenvalue weighted by Crippen LogP contribution is 2.11. The van der Waals surface area contributed by atoms with Crippen molar-refractivity contribution in [1.29, 1.82) is 0 Å². The summed E-state index contributed by atoms with van der Waals surface area (Å²) >= 11 is 0. The molecule has 0 bridgehead atoms. The number of carbonyl (C=O) groups is 1. The van der Waals surface area contributed by atoms with Crippen molar-refractivity contribution in [2.75, 3.05) is 19.6 Å². The van der Waals surface area contributed by atoms with Crippen molar-refractivity contribution in [1.82, 2.24) is 4.90 Å². The molecule has 0 aliphatic rings. The second kappa shape index (κ2) is 10.3. The molecule has 106 valence electrons. The Labute approximate surface area is 116 Å². The number of rotatable bonds is 9. The number of nitrogens with zero attached hydrogens (tertiary/aromatic N) is 1. The molecule has 0 heterocycles. The molecule has 3 nitrogen and oxygen atoms in total. The molecule has 3 heteroatoms. The minimum absolute atomic E-state index is 0.356. The summed E-state index contributed by atoms with van der Waals surface area (Å²) in [6.45, 7) is 16.2. The summed E-state index contributed by atoms with van der Waals surface area (Å²) in [5, 5.41) is 0. The molecule has 0 fully saturated rings. The Hall–Kier alpha value is -1.61. The van der Waals surface area contributed by atoms with E-state index in [0.29, 0.717) is 5.76 Å². The molecule has 19 heavy (non-hydrogen) atoms. The van der Waals surface area contributed by atoms with E-state index in [4.69, 9.17) is 4.74 Å². The molecule has 0 atom stereocenters. The minimum Gasteiger partial charge on any atom is -0.426 e. The summed E-state index contributed by atoms with van der Waals surface area (Å²) in [5.41, 5.74) is 0.768. The van der Waals surface area contributed by atoms with Gasteiger partial charge in [-0.25, -0.2) is 0 Å². The molecule has 0 aromatic carbocycles. The van der Waals surface area contributed by atoms with Gasteiger partial charge in [-0.3, -0.25) is 4.79 Å². The van der Waals surface area contributed by atoms with Gasteiger partial charge in [0.2, 0.25) is 0 Å². The standard InChI is InChI=1S/C16H25NO2/c1-6-15(16(7-2)19-14(5)18)12-10-11-13-17(8-3)9-4/h6-7,10,12H,1-2,8-9,11,13H2,3-5H3/b12-10+,16-15-. The molecule has 0 rings (SSSR count). The zero-order chi connectivity index (χ0) is 14.7. The average Bonchev–Trinajstić information content (AvgIpc) is 2.40. The average molecular weight is 263 g/mol. The van der Waals surface area contributed by atoms with Crippen LogP contribution in [-0.4, -0.2) is 30.5 Å². The Kier molecular flexibility index (Phi) is 9.45. The van der Waals surface area contributed by atoms with Crippen LogP contribution < -0.4 is 0 Å². The van der Waals surface area contributed by atoms with Crippen LogP contribution in [0.3, 0.4) is 0 Å². The van der Waals surface area contributed by atoms with Gasteiger partial charge in [-0.05, 0) is 25.6 Å². The zero-order valence-corrected chi connectivity index (χ0v) is 12.3. The van der Waals surface area contributed by atoms with Crippen LogP contribution in [0.2, 0.25) is 0 Å². The molecular formula is C16H25NO2. The highest BCUT2D eigenvalue weighted by Gasteiger charge is 2.02. The number of allylic oxidation sites excluding steroid dienone is 4. The van der Waals surface area contributed by atoms with Crippen LogP contribution in [0.15, 0.2) is 48.8 Å². The van der Waals surface area contributed by atoms with Crippen molar-refractivity contribution < 1.29 is 9.53 Å². The van der Waals surface area contributed by atoms with Crippen molar-refractivity contribution in [2.45, 2.75) is 27.2 Å². The van der Waals surface area contributed by atoms with Crippen LogP contribution >= 0.6 is 0 Å². The Morgan fingerprint density at radius 2 is 1.84 bits per heavy atom. The van der Waals surface area contributed by atoms with Crippen molar-refractivity contribution in [3.8, 4) is 0 Å². The second-order valence-electron chi connectivity index (χ2n) is 4.04. The Bertz CT molecular complexity index is 363. The van der Waals surface area contributed by atoms with Gasteiger partial charge < -0.3 is 9.64 Å². The molecule has 0 radical (unpaired) electrons. The molecule has 0 unspecified atom stereocenters. The highest BCUT2D eigenvalue weighted by atomic mass is 16.5. The number of ether oxygens (including phenoxy) is 1. The van der Waals surface area contributed by atoms with Crippen LogP contribution in [0.1, 0.15) is 27.2 Å². The maximum Gasteiger partial charge on any atom is 0.308 e. The fourth-order valence-electron chi connectivity index (χ4n) is 1.63. The van der Waals surface area contributed by atoms with Gasteiger partial charge in [0, 0.05) is 19.0 Å². The van der Waals surface area contributed by atoms with Crippen LogP contribution in [0.25, 0.3) is 0 Å². The van der Waals surface area contributed by atoms with Crippen molar-refractivity contribution in [2.24, 2.45) is 0 Å². The van der Waals surface area contributed by atoms with Gasteiger partial charge in [-0.15, -0.1) is 0 Å². The lowest BCUT2D eigenvalue weighted by atomic mass is 10.2. The van der Waals surface area contributed by atoms with Crippen molar-refractivity contribution in [3.63, 3.8) is 0 Å². The normalized spacial score (nSPS) is 12.4. The first-order valence-corrected chi connectivity index (χ1v) is 6.65. The van der Waals surface area contributed by atoms with E-state index in [1.807, 2.05) is 6.08 Å². The molecule has 0 amide bonds. The molecule has 0 aromatic heterocycles. The van der Waals surface area contributed by atoms with Crippen LogP contribution in [-0.2, 0) is 9.53 Å². The first kappa shape index (κ1) is 17.4. The van der Waals surface area contributed by atoms with E-state index in [-0.39, 0.29) is 5.97 Å². The summed E-state index contributed by atoms with van der Waals surface area (Å²) in [7, 11) is 0. The quantitative estimate of drug-likeness (QED) is 0.362. The van der Waals surface area contributed by atoms with E-state index in [9.17, 15) is 4.79 Å². The lowest BCUT2D eigenvalue weighted by Gasteiger charge is -2.16. The Morgan fingerprint density at radius 1 is 1.21 bits per heavy atom. The molecule has 0 saturated heterocycles. The summed E-state index contributed by atoms with van der Waals surface area (Å²) in [4.78, 5) is 13.3. The van der Waals surface area contributed by atoms with Gasteiger partial charge in [0.05, 0.1) is 0 Å². The first-order valence-electron chi connectivity index (χ1n) is 6.65. The van der Waals surface area contributed by atoms with Gasteiger partial charge in [0.1, 0.15) is 5.76 Å². The fourth-order valence-corrected chi connectivity index (χ4v) is 1.63. The summed E-state index contributed by atoms with van der Waals surface area (Å²) in [6, 6.07) is 0. The third kappa shape index (κ3) is 7.42. The maximum absolute atomic E-state index is 11.0. The molecule has 0 saturated carbocycles. The highest BCUT2D eigenvalue weighted by molar-refractivity contribution is 5.68. The van der Waals surface area contributed by atoms with E-state index in [1.54, 1.807) is 6.08 Å². The second-order valence-corrected chi connectivity index (χ2v) is 4.04. The smallest absolute Gasteiger partial charge is 0.308 e. The third-order valence-corrected chi connectivity index (χ3v) is 2.75. The van der Waals surface area contributed by atoms with Crippen LogP contribution in [0, 0.1) is 0 Å². The van der Waals surface area contributed by atoms with E-state index < -0.39 is 0 Å². The van der Waals surface area contributed by atoms with E-state index in [0.717, 1.165) is 31.6 Å². The minimum atomic E-state index is -0.356. The number of carbonyl (C=O) groups excluding carboxylic acids is 1. The molecule has 0 N–H and O–H groups in total. The van der Waals surface area contributed by atoms with E-state index in [1.165, 1.54) is 13.0 Å². The molecule has 0 aliphatic heterocycles. The fraction of sp³-hybridized carbons (Fsp3) is 0.438. The number of hydrogen-bond acceptors (Lipinski definition) is 3. The SMILES string of the molecule is C=CC(/C=C/CCN(CC)CC)=C(\C=C)OC(C)=O. The van der Waals surface area contributed by atoms with Gasteiger partial charge in [-0.2, -0.15) is 0 Å². The first-order chi connectivity index (χ1) is 9.08. The number of esters is 1. The maximum atomic E-state index is 11.0. The Balaban J connectivity index is 4.61. The van der Waals surface area contributed by atoms with Gasteiger partial charge in [0.15, 0.2) is 0 Å². The summed E-state index contributed by atoms with van der Waals surface area (Å²) in [5.74, 6) is 0.0902. The number of hydrogen-bond donors (Lipinski definition) is 0. The summed E-state index contributed by atoms with van der Waals surface area (Å²) in [6.07, 6.45) is 8.10. The van der Waals surface area contributed by atoms with Gasteiger partial charge >= 0.3 is 5.97 Å². The molecule has 0 aliphatic carbocycles. The van der Waals surface area contributed by atoms with Crippen molar-refractivity contribution >= 4 is 5.97 Å². The summed E-state index contributed by atoms with van der Waals surface area (Å²) < 4.78 is 5.06. The monoisotopic (exact) mass is 263 g/mol. The largest absolute Gasteiger partial charge is 0.426 e. The van der Waals surface area contributed by atoms with Gasteiger partial charge in [-0.1, -0.05) is 45.2 Å². The van der Waals surface area contributed by atoms with Crippen LogP contribution in [0.5, 0.6) is 0 Å². The molecule has 0 spiro atoms. The third-order valence-electron chi connectivity index (χ3n) is 2.75. The van der Waals surface area contributed by atoms with Crippen molar-refractivity contribution in [3.05, 3.63) is 48.8 Å². The predicted molar refractivity (Wildman–Crippen MR) is 80.7 cm³/mol.